The number of hydrogen-bond donors (Lipinski definition) is 4. The highest BCUT2D eigenvalue weighted by Crippen LogP contribution is 2.30. The maximum absolute atomic E-state index is 13.0. The minimum atomic E-state index is -3.57. The van der Waals surface area contributed by atoms with E-state index in [9.17, 15) is 8.42 Å². The molecule has 1 aliphatic rings. The van der Waals surface area contributed by atoms with Gasteiger partial charge >= 0.3 is 0 Å². The number of nitrogens with one attached hydrogen (secondary N) is 3. The van der Waals surface area contributed by atoms with Crippen LogP contribution in [0, 0.1) is 11.8 Å². The predicted molar refractivity (Wildman–Crippen MR) is 140 cm³/mol. The second-order valence-electron chi connectivity index (χ2n) is 9.15. The van der Waals surface area contributed by atoms with Gasteiger partial charge in [0.15, 0.2) is 5.82 Å². The van der Waals surface area contributed by atoms with E-state index in [-0.39, 0.29) is 0 Å². The van der Waals surface area contributed by atoms with Crippen molar-refractivity contribution in [2.24, 2.45) is 17.7 Å². The maximum Gasteiger partial charge on any atom is 0.241 e. The highest BCUT2D eigenvalue weighted by molar-refractivity contribution is 7.89. The van der Waals surface area contributed by atoms with Crippen molar-refractivity contribution in [2.45, 2.75) is 30.6 Å². The van der Waals surface area contributed by atoms with Crippen LogP contribution in [-0.4, -0.2) is 31.5 Å². The molecule has 0 amide bonds. The number of nitrogens with two attached hydrogens (primary N) is 1. The van der Waals surface area contributed by atoms with Crippen LogP contribution in [0.4, 0.5) is 11.8 Å². The summed E-state index contributed by atoms with van der Waals surface area (Å²) in [6.45, 7) is 1.24. The number of aromatic nitrogens is 2. The average Bonchev–Trinajstić information content (AvgIpc) is 2.90. The zero-order chi connectivity index (χ0) is 24.3. The molecule has 0 atom stereocenters. The lowest BCUT2D eigenvalue weighted by Crippen LogP contribution is -2.32. The number of nitrogen functional groups attached to an aromatic ring is 1. The van der Waals surface area contributed by atoms with Gasteiger partial charge in [0, 0.05) is 23.9 Å². The van der Waals surface area contributed by atoms with Gasteiger partial charge in [-0.15, -0.1) is 0 Å². The van der Waals surface area contributed by atoms with Crippen molar-refractivity contribution in [3.63, 3.8) is 0 Å². The first kappa shape index (κ1) is 23.5. The number of para-hydroxylation sites is 1. The number of hydrogen-bond acceptors (Lipinski definition) is 7. The molecule has 0 radical (unpaired) electrons. The molecule has 1 fully saturated rings. The average molecular weight is 491 g/mol. The number of anilines is 2. The molecule has 3 aromatic carbocycles. The van der Waals surface area contributed by atoms with Crippen LogP contribution in [0.25, 0.3) is 21.7 Å². The largest absolute Gasteiger partial charge is 0.354 e. The number of benzene rings is 3. The lowest BCUT2D eigenvalue weighted by molar-refractivity contribution is 0.284. The van der Waals surface area contributed by atoms with Gasteiger partial charge < -0.3 is 10.7 Å². The van der Waals surface area contributed by atoms with Crippen LogP contribution in [0.2, 0.25) is 0 Å². The highest BCUT2D eigenvalue weighted by Gasteiger charge is 2.24. The van der Waals surface area contributed by atoms with Gasteiger partial charge in [0.1, 0.15) is 0 Å². The molecule has 1 heterocycles. The lowest BCUT2D eigenvalue weighted by Gasteiger charge is -2.28. The lowest BCUT2D eigenvalue weighted by atomic mass is 9.82. The first-order valence-electron chi connectivity index (χ1n) is 12.0. The zero-order valence-corrected chi connectivity index (χ0v) is 20.3. The Morgan fingerprint density at radius 3 is 2.23 bits per heavy atom. The van der Waals surface area contributed by atoms with Crippen molar-refractivity contribution in [1.82, 2.24) is 14.7 Å². The van der Waals surface area contributed by atoms with E-state index in [4.69, 9.17) is 5.84 Å². The molecule has 0 bridgehead atoms. The second-order valence-corrected chi connectivity index (χ2v) is 10.9. The summed E-state index contributed by atoms with van der Waals surface area (Å²) in [4.78, 5) is 9.43. The fourth-order valence-electron chi connectivity index (χ4n) is 4.88. The third-order valence-electron chi connectivity index (χ3n) is 6.86. The molecule has 0 saturated heterocycles. The summed E-state index contributed by atoms with van der Waals surface area (Å²) in [6.07, 6.45) is 4.03. The molecule has 182 valence electrons. The van der Waals surface area contributed by atoms with Crippen molar-refractivity contribution < 1.29 is 8.42 Å². The fraction of sp³-hybridized carbons (Fsp3) is 0.308. The van der Waals surface area contributed by atoms with Gasteiger partial charge in [-0.05, 0) is 61.1 Å². The molecule has 4 aromatic rings. The van der Waals surface area contributed by atoms with Gasteiger partial charge in [0.05, 0.1) is 10.4 Å². The van der Waals surface area contributed by atoms with E-state index in [1.165, 1.54) is 0 Å². The molecule has 0 aliphatic heterocycles. The van der Waals surface area contributed by atoms with E-state index in [2.05, 4.69) is 25.4 Å². The van der Waals surface area contributed by atoms with Crippen LogP contribution in [0.15, 0.2) is 71.6 Å². The van der Waals surface area contributed by atoms with Crippen LogP contribution in [-0.2, 0) is 10.0 Å². The Labute approximate surface area is 205 Å². The van der Waals surface area contributed by atoms with E-state index in [0.717, 1.165) is 53.9 Å². The Hall–Kier alpha value is -3.27. The minimum absolute atomic E-state index is 0.334. The first-order chi connectivity index (χ1) is 17.0. The molecule has 0 unspecified atom stereocenters. The normalized spacial score (nSPS) is 18.5. The van der Waals surface area contributed by atoms with Gasteiger partial charge in [0.2, 0.25) is 16.0 Å². The summed E-state index contributed by atoms with van der Waals surface area (Å²) in [5, 5.41) is 5.92. The van der Waals surface area contributed by atoms with Crippen LogP contribution in [0.1, 0.15) is 25.7 Å². The third-order valence-corrected chi connectivity index (χ3v) is 8.34. The molecule has 35 heavy (non-hydrogen) atoms. The van der Waals surface area contributed by atoms with Crippen LogP contribution >= 0.6 is 0 Å². The van der Waals surface area contributed by atoms with Gasteiger partial charge in [-0.1, -0.05) is 48.5 Å². The van der Waals surface area contributed by atoms with Crippen molar-refractivity contribution in [3.8, 4) is 0 Å². The van der Waals surface area contributed by atoms with Crippen molar-refractivity contribution in [3.05, 3.63) is 66.7 Å². The van der Waals surface area contributed by atoms with Gasteiger partial charge in [0.25, 0.3) is 0 Å². The van der Waals surface area contributed by atoms with E-state index in [0.29, 0.717) is 35.0 Å². The first-order valence-corrected chi connectivity index (χ1v) is 13.5. The summed E-state index contributed by atoms with van der Waals surface area (Å²) in [6, 6.07) is 20.7. The predicted octanol–water partition coefficient (Wildman–Crippen LogP) is 4.27. The SMILES string of the molecule is NNc1nc(NCC2CCC(CNS(=O)(=O)c3cccc4ccccc34)CC2)nc2ccccc12. The molecule has 8 nitrogen and oxygen atoms in total. The highest BCUT2D eigenvalue weighted by atomic mass is 32.2. The van der Waals surface area contributed by atoms with E-state index >= 15 is 0 Å². The summed E-state index contributed by atoms with van der Waals surface area (Å²) in [7, 11) is -3.57. The number of sulfonamides is 1. The van der Waals surface area contributed by atoms with Crippen molar-refractivity contribution >= 4 is 43.5 Å². The van der Waals surface area contributed by atoms with E-state index in [1.54, 1.807) is 12.1 Å². The molecule has 0 spiro atoms. The third kappa shape index (κ3) is 5.22. The molecule has 5 N–H and O–H groups in total. The van der Waals surface area contributed by atoms with Crippen LogP contribution in [0.3, 0.4) is 0 Å². The Bertz CT molecular complexity index is 1430. The van der Waals surface area contributed by atoms with Crippen LogP contribution in [0.5, 0.6) is 0 Å². The fourth-order valence-corrected chi connectivity index (χ4v) is 6.22. The minimum Gasteiger partial charge on any atom is -0.354 e. The van der Waals surface area contributed by atoms with E-state index in [1.807, 2.05) is 54.6 Å². The molecule has 1 aromatic heterocycles. The monoisotopic (exact) mass is 490 g/mol. The molecule has 1 aliphatic carbocycles. The topological polar surface area (TPSA) is 122 Å². The standard InChI is InChI=1S/C26H30N6O2S/c27-32-25-22-9-3-4-10-23(22)30-26(31-25)28-16-18-12-14-19(15-13-18)17-29-35(33,34)24-11-5-7-20-6-1-2-8-21(20)24/h1-11,18-19,29H,12-17,27H2,(H2,28,30,31,32). The Kier molecular flexibility index (Phi) is 6.81. The quantitative estimate of drug-likeness (QED) is 0.215. The second kappa shape index (κ2) is 10.2. The van der Waals surface area contributed by atoms with Crippen LogP contribution < -0.4 is 21.3 Å². The summed E-state index contributed by atoms with van der Waals surface area (Å²) in [5.41, 5.74) is 3.49. The molecule has 1 saturated carbocycles. The van der Waals surface area contributed by atoms with E-state index < -0.39 is 10.0 Å². The Balaban J connectivity index is 1.14. The van der Waals surface area contributed by atoms with Gasteiger partial charge in [-0.2, -0.15) is 4.98 Å². The smallest absolute Gasteiger partial charge is 0.241 e. The Morgan fingerprint density at radius 1 is 0.800 bits per heavy atom. The van der Waals surface area contributed by atoms with Gasteiger partial charge in [-0.25, -0.2) is 24.0 Å². The maximum atomic E-state index is 13.0. The number of hydrazine groups is 1. The van der Waals surface area contributed by atoms with Crippen molar-refractivity contribution in [1.29, 1.82) is 0 Å². The molecule has 5 rings (SSSR count). The van der Waals surface area contributed by atoms with Gasteiger partial charge in [-0.3, -0.25) is 0 Å². The van der Waals surface area contributed by atoms with Crippen molar-refractivity contribution in [2.75, 3.05) is 23.8 Å². The summed E-state index contributed by atoms with van der Waals surface area (Å²) >= 11 is 0. The molecular weight excluding hydrogens is 460 g/mol. The number of nitrogens with zero attached hydrogens (tertiary/aromatic N) is 2. The number of rotatable bonds is 8. The molecule has 9 heteroatoms. The molecular formula is C26H30N6O2S. The summed E-state index contributed by atoms with van der Waals surface area (Å²) in [5.74, 6) is 7.63. The number of fused-ring (bicyclic) bond motifs is 2. The zero-order valence-electron chi connectivity index (χ0n) is 19.4. The Morgan fingerprint density at radius 2 is 1.46 bits per heavy atom. The summed E-state index contributed by atoms with van der Waals surface area (Å²) < 4.78 is 28.9.